The molecule has 168 valence electrons. The number of rotatable bonds is 9. The average molecular weight is 438 g/mol. The number of hydrogen-bond acceptors (Lipinski definition) is 6. The minimum Gasteiger partial charge on any atom is -0.481 e. The van der Waals surface area contributed by atoms with Crippen LogP contribution in [0.4, 0.5) is 11.4 Å². The first kappa shape index (κ1) is 22.8. The summed E-state index contributed by atoms with van der Waals surface area (Å²) < 4.78 is 10.5. The molecule has 2 amide bonds. The lowest BCUT2D eigenvalue weighted by Crippen LogP contribution is -2.39. The van der Waals surface area contributed by atoms with Crippen LogP contribution in [0, 0.1) is 5.41 Å². The van der Waals surface area contributed by atoms with Gasteiger partial charge >= 0.3 is 5.97 Å². The van der Waals surface area contributed by atoms with Gasteiger partial charge in [-0.25, -0.2) is 0 Å². The molecule has 0 spiro atoms. The Hall–Kier alpha value is -3.88. The number of unbranched alkanes of at least 4 members (excludes halogenated alkanes) is 1. The van der Waals surface area contributed by atoms with Gasteiger partial charge in [0.05, 0.1) is 12.3 Å². The molecule has 0 radical (unpaired) electrons. The van der Waals surface area contributed by atoms with Crippen LogP contribution in [-0.2, 0) is 14.3 Å². The van der Waals surface area contributed by atoms with E-state index in [-0.39, 0.29) is 30.2 Å². The molecule has 1 aliphatic rings. The summed E-state index contributed by atoms with van der Waals surface area (Å²) in [6.45, 7) is 2.50. The van der Waals surface area contributed by atoms with E-state index in [0.717, 1.165) is 0 Å². The highest BCUT2D eigenvalue weighted by atomic mass is 16.5. The second kappa shape index (κ2) is 10.4. The fraction of sp³-hybridized carbons (Fsp3) is 0.304. The molecule has 9 heteroatoms. The van der Waals surface area contributed by atoms with Gasteiger partial charge in [-0.3, -0.25) is 19.8 Å². The maximum absolute atomic E-state index is 12.5. The number of nitrogens with one attached hydrogen (secondary N) is 2. The minimum absolute atomic E-state index is 0.0659. The molecule has 1 aliphatic heterocycles. The second-order valence-corrected chi connectivity index (χ2v) is 7.22. The molecule has 0 saturated carbocycles. The van der Waals surface area contributed by atoms with E-state index in [9.17, 15) is 14.4 Å². The van der Waals surface area contributed by atoms with Crippen LogP contribution in [0.1, 0.15) is 42.1 Å². The van der Waals surface area contributed by atoms with Gasteiger partial charge in [0, 0.05) is 35.8 Å². The van der Waals surface area contributed by atoms with E-state index in [1.807, 2.05) is 0 Å². The number of amides is 2. The molecule has 4 N–H and O–H groups in total. The minimum atomic E-state index is -0.317. The molecular formula is C23H26N4O5. The lowest BCUT2D eigenvalue weighted by molar-refractivity contribution is -0.143. The first-order valence-electron chi connectivity index (χ1n) is 10.4. The Labute approximate surface area is 186 Å². The highest BCUT2D eigenvalue weighted by Crippen LogP contribution is 2.35. The van der Waals surface area contributed by atoms with Crippen molar-refractivity contribution in [1.29, 1.82) is 5.41 Å². The van der Waals surface area contributed by atoms with Gasteiger partial charge in [-0.2, -0.15) is 0 Å². The quantitative estimate of drug-likeness (QED) is 0.238. The molecule has 0 aliphatic carbocycles. The molecule has 32 heavy (non-hydrogen) atoms. The Morgan fingerprint density at radius 2 is 1.88 bits per heavy atom. The van der Waals surface area contributed by atoms with Gasteiger partial charge in [-0.15, -0.1) is 0 Å². The van der Waals surface area contributed by atoms with Gasteiger partial charge in [-0.1, -0.05) is 12.1 Å². The predicted octanol–water partition coefficient (Wildman–Crippen LogP) is 2.68. The van der Waals surface area contributed by atoms with E-state index in [4.69, 9.17) is 20.6 Å². The van der Waals surface area contributed by atoms with Crippen LogP contribution in [0.2, 0.25) is 0 Å². The molecule has 0 bridgehead atoms. The van der Waals surface area contributed by atoms with Crippen molar-refractivity contribution in [2.45, 2.75) is 26.2 Å². The topological polar surface area (TPSA) is 135 Å². The normalized spacial score (nSPS) is 12.5. The molecule has 0 aromatic heterocycles. The summed E-state index contributed by atoms with van der Waals surface area (Å²) in [5.41, 5.74) is 7.55. The Bertz CT molecular complexity index is 1020. The van der Waals surface area contributed by atoms with Crippen molar-refractivity contribution >= 4 is 35.0 Å². The molecule has 0 fully saturated rings. The number of carbonyl (C=O) groups excluding carboxylic acids is 3. The van der Waals surface area contributed by atoms with Crippen molar-refractivity contribution < 1.29 is 23.9 Å². The lowest BCUT2D eigenvalue weighted by atomic mass is 10.1. The monoisotopic (exact) mass is 438 g/mol. The van der Waals surface area contributed by atoms with Gasteiger partial charge < -0.3 is 25.4 Å². The largest absolute Gasteiger partial charge is 0.481 e. The number of amidine groups is 1. The van der Waals surface area contributed by atoms with Crippen LogP contribution in [0.5, 0.6) is 5.75 Å². The molecule has 9 nitrogen and oxygen atoms in total. The zero-order valence-corrected chi connectivity index (χ0v) is 17.8. The molecule has 1 heterocycles. The molecule has 2 aromatic rings. The summed E-state index contributed by atoms with van der Waals surface area (Å²) in [4.78, 5) is 37.9. The molecule has 0 saturated heterocycles. The Kier molecular flexibility index (Phi) is 7.43. The summed E-state index contributed by atoms with van der Waals surface area (Å²) >= 11 is 0. The van der Waals surface area contributed by atoms with Crippen LogP contribution in [0.25, 0.3) is 0 Å². The smallest absolute Gasteiger partial charge is 0.305 e. The van der Waals surface area contributed by atoms with Crippen molar-refractivity contribution in [2.24, 2.45) is 5.73 Å². The second-order valence-electron chi connectivity index (χ2n) is 7.22. The van der Waals surface area contributed by atoms with E-state index in [0.29, 0.717) is 60.7 Å². The molecule has 3 rings (SSSR count). The lowest BCUT2D eigenvalue weighted by Gasteiger charge is -2.29. The van der Waals surface area contributed by atoms with Crippen molar-refractivity contribution in [3.8, 4) is 5.75 Å². The van der Waals surface area contributed by atoms with E-state index in [2.05, 4.69) is 5.32 Å². The number of fused-ring (bicyclic) bond motifs is 1. The van der Waals surface area contributed by atoms with Gasteiger partial charge in [-0.05, 0) is 44.0 Å². The van der Waals surface area contributed by atoms with Crippen LogP contribution in [0.3, 0.4) is 0 Å². The van der Waals surface area contributed by atoms with E-state index < -0.39 is 0 Å². The predicted molar refractivity (Wildman–Crippen MR) is 120 cm³/mol. The van der Waals surface area contributed by atoms with Crippen molar-refractivity contribution in [2.75, 3.05) is 30.0 Å². The number of benzene rings is 2. The highest BCUT2D eigenvalue weighted by molar-refractivity contribution is 6.06. The number of nitrogens with zero attached hydrogens (tertiary/aromatic N) is 1. The first-order chi connectivity index (χ1) is 15.4. The standard InChI is InChI=1S/C23H26N4O5/c1-2-31-21(29)5-3-4-12-27-18-11-10-17(13-19(18)32-14-20(27)28)26-23(30)16-8-6-15(7-9-16)22(24)25/h6-11,13H,2-5,12,14H2,1H3,(H3,24,25)(H,26,30). The fourth-order valence-corrected chi connectivity index (χ4v) is 3.30. The SMILES string of the molecule is CCOC(=O)CCCCN1C(=O)COc2cc(NC(=O)c3ccc(C(=N)N)cc3)ccc21. The van der Waals surface area contributed by atoms with Crippen molar-refractivity contribution in [1.82, 2.24) is 0 Å². The Morgan fingerprint density at radius 1 is 1.16 bits per heavy atom. The number of esters is 1. The summed E-state index contributed by atoms with van der Waals surface area (Å²) in [5, 5.41) is 10.2. The zero-order valence-electron chi connectivity index (χ0n) is 17.8. The molecule has 0 unspecified atom stereocenters. The first-order valence-corrected chi connectivity index (χ1v) is 10.4. The number of anilines is 2. The van der Waals surface area contributed by atoms with Gasteiger partial charge in [0.15, 0.2) is 6.61 Å². The number of nitrogen functional groups attached to an aromatic ring is 1. The number of hydrogen-bond donors (Lipinski definition) is 3. The van der Waals surface area contributed by atoms with Gasteiger partial charge in [0.25, 0.3) is 11.8 Å². The summed E-state index contributed by atoms with van der Waals surface area (Å²) in [6.07, 6.45) is 1.59. The van der Waals surface area contributed by atoms with Crippen LogP contribution in [-0.4, -0.2) is 43.4 Å². The third kappa shape index (κ3) is 5.63. The van der Waals surface area contributed by atoms with Crippen LogP contribution >= 0.6 is 0 Å². The zero-order chi connectivity index (χ0) is 23.1. The Morgan fingerprint density at radius 3 is 2.56 bits per heavy atom. The van der Waals surface area contributed by atoms with Crippen LogP contribution < -0.4 is 20.7 Å². The summed E-state index contributed by atoms with van der Waals surface area (Å²) in [6, 6.07) is 11.5. The van der Waals surface area contributed by atoms with E-state index in [1.54, 1.807) is 54.3 Å². The Balaban J connectivity index is 1.63. The fourth-order valence-electron chi connectivity index (χ4n) is 3.30. The van der Waals surface area contributed by atoms with Crippen molar-refractivity contribution in [3.63, 3.8) is 0 Å². The maximum atomic E-state index is 12.5. The number of nitrogens with two attached hydrogens (primary N) is 1. The summed E-state index contributed by atoms with van der Waals surface area (Å²) in [5.74, 6) is -0.278. The molecule has 2 aromatic carbocycles. The third-order valence-corrected chi connectivity index (χ3v) is 4.94. The third-order valence-electron chi connectivity index (χ3n) is 4.94. The van der Waals surface area contributed by atoms with E-state index >= 15 is 0 Å². The maximum Gasteiger partial charge on any atom is 0.305 e. The number of ether oxygens (including phenoxy) is 2. The van der Waals surface area contributed by atoms with Gasteiger partial charge in [0.2, 0.25) is 0 Å². The highest BCUT2D eigenvalue weighted by Gasteiger charge is 2.25. The van der Waals surface area contributed by atoms with E-state index in [1.165, 1.54) is 0 Å². The molecule has 0 atom stereocenters. The van der Waals surface area contributed by atoms with Crippen LogP contribution in [0.15, 0.2) is 42.5 Å². The average Bonchev–Trinajstić information content (AvgIpc) is 2.78. The number of carbonyl (C=O) groups is 3. The summed E-state index contributed by atoms with van der Waals surface area (Å²) in [7, 11) is 0. The van der Waals surface area contributed by atoms with Gasteiger partial charge in [0.1, 0.15) is 11.6 Å². The molecular weight excluding hydrogens is 412 g/mol. The van der Waals surface area contributed by atoms with Crippen molar-refractivity contribution in [3.05, 3.63) is 53.6 Å².